The van der Waals surface area contributed by atoms with Crippen LogP contribution in [0.1, 0.15) is 37.4 Å². The first-order valence-electron chi connectivity index (χ1n) is 6.42. The summed E-state index contributed by atoms with van der Waals surface area (Å²) in [7, 11) is 2.12. The summed E-state index contributed by atoms with van der Waals surface area (Å²) in [4.78, 5) is 4.78. The normalized spacial score (nSPS) is 25.3. The monoisotopic (exact) mass is 229 g/mol. The molecule has 0 spiro atoms. The summed E-state index contributed by atoms with van der Waals surface area (Å²) in [5.74, 6) is 1.82. The number of hydrogen-bond donors (Lipinski definition) is 1. The molecule has 0 saturated heterocycles. The zero-order valence-corrected chi connectivity index (χ0v) is 10.3. The zero-order chi connectivity index (χ0) is 11.8. The molecular formula is C14H19N3. The largest absolute Gasteiger partial charge is 0.331 e. The van der Waals surface area contributed by atoms with Crippen molar-refractivity contribution in [2.45, 2.75) is 37.6 Å². The van der Waals surface area contributed by atoms with Gasteiger partial charge in [0.1, 0.15) is 5.82 Å². The van der Waals surface area contributed by atoms with E-state index in [1.807, 2.05) is 0 Å². The second-order valence-electron chi connectivity index (χ2n) is 5.13. The lowest BCUT2D eigenvalue weighted by Gasteiger charge is -2.25. The van der Waals surface area contributed by atoms with Crippen LogP contribution in [0, 0.1) is 0 Å². The van der Waals surface area contributed by atoms with Crippen molar-refractivity contribution in [2.75, 3.05) is 0 Å². The summed E-state index contributed by atoms with van der Waals surface area (Å²) in [5.41, 5.74) is 8.31. The van der Waals surface area contributed by atoms with Gasteiger partial charge in [0.25, 0.3) is 0 Å². The van der Waals surface area contributed by atoms with Crippen LogP contribution in [0.25, 0.3) is 11.0 Å². The van der Waals surface area contributed by atoms with E-state index in [9.17, 15) is 0 Å². The first-order valence-corrected chi connectivity index (χ1v) is 6.42. The fraction of sp³-hybridized carbons (Fsp3) is 0.500. The van der Waals surface area contributed by atoms with Gasteiger partial charge >= 0.3 is 0 Å². The topological polar surface area (TPSA) is 43.8 Å². The van der Waals surface area contributed by atoms with Crippen molar-refractivity contribution in [3.05, 3.63) is 30.1 Å². The van der Waals surface area contributed by atoms with Gasteiger partial charge in [-0.05, 0) is 37.8 Å². The molecule has 3 heteroatoms. The SMILES string of the molecule is Cn1c(C2CCC(N)CC2)nc2ccccc21. The molecule has 1 aromatic heterocycles. The maximum Gasteiger partial charge on any atom is 0.112 e. The molecule has 1 aromatic carbocycles. The van der Waals surface area contributed by atoms with E-state index in [2.05, 4.69) is 35.9 Å². The van der Waals surface area contributed by atoms with Gasteiger partial charge < -0.3 is 10.3 Å². The van der Waals surface area contributed by atoms with Crippen molar-refractivity contribution in [3.63, 3.8) is 0 Å². The van der Waals surface area contributed by atoms with E-state index in [0.29, 0.717) is 12.0 Å². The molecule has 0 bridgehead atoms. The van der Waals surface area contributed by atoms with Crippen LogP contribution in [0.5, 0.6) is 0 Å². The van der Waals surface area contributed by atoms with E-state index >= 15 is 0 Å². The lowest BCUT2D eigenvalue weighted by Crippen LogP contribution is -2.26. The molecule has 0 aliphatic heterocycles. The minimum absolute atomic E-state index is 0.404. The molecule has 2 aromatic rings. The van der Waals surface area contributed by atoms with Gasteiger partial charge in [-0.2, -0.15) is 0 Å². The van der Waals surface area contributed by atoms with Crippen molar-refractivity contribution in [1.82, 2.24) is 9.55 Å². The standard InChI is InChI=1S/C14H19N3/c1-17-13-5-3-2-4-12(13)16-14(17)10-6-8-11(15)9-7-10/h2-5,10-11H,6-9,15H2,1H3. The average Bonchev–Trinajstić information content (AvgIpc) is 2.69. The van der Waals surface area contributed by atoms with Gasteiger partial charge in [0.2, 0.25) is 0 Å². The number of nitrogens with two attached hydrogens (primary N) is 1. The Morgan fingerprint density at radius 2 is 1.88 bits per heavy atom. The smallest absolute Gasteiger partial charge is 0.112 e. The molecule has 2 N–H and O–H groups in total. The van der Waals surface area contributed by atoms with Crippen molar-refractivity contribution < 1.29 is 0 Å². The molecule has 1 fully saturated rings. The van der Waals surface area contributed by atoms with Gasteiger partial charge in [-0.1, -0.05) is 12.1 Å². The van der Waals surface area contributed by atoms with Gasteiger partial charge in [0.05, 0.1) is 11.0 Å². The third kappa shape index (κ3) is 1.84. The second kappa shape index (κ2) is 4.15. The van der Waals surface area contributed by atoms with Crippen LogP contribution in [0.3, 0.4) is 0 Å². The van der Waals surface area contributed by atoms with E-state index < -0.39 is 0 Å². The number of benzene rings is 1. The third-order valence-electron chi connectivity index (χ3n) is 3.96. The minimum Gasteiger partial charge on any atom is -0.331 e. The van der Waals surface area contributed by atoms with E-state index in [0.717, 1.165) is 18.4 Å². The molecule has 0 unspecified atom stereocenters. The van der Waals surface area contributed by atoms with Gasteiger partial charge in [0, 0.05) is 19.0 Å². The maximum atomic E-state index is 5.96. The Hall–Kier alpha value is -1.35. The number of hydrogen-bond acceptors (Lipinski definition) is 2. The van der Waals surface area contributed by atoms with Gasteiger partial charge in [-0.25, -0.2) is 4.98 Å². The number of nitrogens with zero attached hydrogens (tertiary/aromatic N) is 2. The first kappa shape index (κ1) is 10.8. The predicted molar refractivity (Wildman–Crippen MR) is 69.9 cm³/mol. The number of imidazole rings is 1. The highest BCUT2D eigenvalue weighted by Crippen LogP contribution is 2.32. The summed E-state index contributed by atoms with van der Waals surface area (Å²) in [6.45, 7) is 0. The number of aryl methyl sites for hydroxylation is 1. The van der Waals surface area contributed by atoms with Crippen LogP contribution < -0.4 is 5.73 Å². The van der Waals surface area contributed by atoms with Crippen LogP contribution >= 0.6 is 0 Å². The fourth-order valence-corrected chi connectivity index (χ4v) is 2.91. The Morgan fingerprint density at radius 3 is 2.59 bits per heavy atom. The van der Waals surface area contributed by atoms with Gasteiger partial charge in [-0.15, -0.1) is 0 Å². The Labute approximate surface area is 102 Å². The number of para-hydroxylation sites is 2. The molecule has 1 heterocycles. The van der Waals surface area contributed by atoms with Crippen LogP contribution in [0.4, 0.5) is 0 Å². The first-order chi connectivity index (χ1) is 8.25. The Balaban J connectivity index is 1.97. The molecule has 3 rings (SSSR count). The molecular weight excluding hydrogens is 210 g/mol. The Bertz CT molecular complexity index is 521. The Kier molecular flexibility index (Phi) is 2.63. The molecule has 1 saturated carbocycles. The number of aromatic nitrogens is 2. The molecule has 90 valence electrons. The van der Waals surface area contributed by atoms with E-state index in [4.69, 9.17) is 10.7 Å². The molecule has 0 amide bonds. The Morgan fingerprint density at radius 1 is 1.18 bits per heavy atom. The van der Waals surface area contributed by atoms with Crippen LogP contribution in [-0.2, 0) is 7.05 Å². The fourth-order valence-electron chi connectivity index (χ4n) is 2.91. The average molecular weight is 229 g/mol. The highest BCUT2D eigenvalue weighted by atomic mass is 15.1. The van der Waals surface area contributed by atoms with E-state index in [1.54, 1.807) is 0 Å². The zero-order valence-electron chi connectivity index (χ0n) is 10.3. The molecule has 3 nitrogen and oxygen atoms in total. The molecule has 0 radical (unpaired) electrons. The van der Waals surface area contributed by atoms with E-state index in [1.165, 1.54) is 24.2 Å². The van der Waals surface area contributed by atoms with E-state index in [-0.39, 0.29) is 0 Å². The van der Waals surface area contributed by atoms with Crippen LogP contribution in [0.15, 0.2) is 24.3 Å². The number of rotatable bonds is 1. The van der Waals surface area contributed by atoms with Crippen LogP contribution in [-0.4, -0.2) is 15.6 Å². The molecule has 1 aliphatic rings. The summed E-state index contributed by atoms with van der Waals surface area (Å²) in [6.07, 6.45) is 4.62. The van der Waals surface area contributed by atoms with Crippen molar-refractivity contribution in [1.29, 1.82) is 0 Å². The lowest BCUT2D eigenvalue weighted by atomic mass is 9.86. The second-order valence-corrected chi connectivity index (χ2v) is 5.13. The summed E-state index contributed by atoms with van der Waals surface area (Å²) < 4.78 is 2.25. The molecule has 0 atom stereocenters. The molecule has 17 heavy (non-hydrogen) atoms. The lowest BCUT2D eigenvalue weighted by molar-refractivity contribution is 0.380. The van der Waals surface area contributed by atoms with Crippen molar-refractivity contribution >= 4 is 11.0 Å². The number of fused-ring (bicyclic) bond motifs is 1. The highest BCUT2D eigenvalue weighted by molar-refractivity contribution is 5.75. The highest BCUT2D eigenvalue weighted by Gasteiger charge is 2.23. The summed E-state index contributed by atoms with van der Waals surface area (Å²) in [6, 6.07) is 8.76. The van der Waals surface area contributed by atoms with Gasteiger partial charge in [-0.3, -0.25) is 0 Å². The summed E-state index contributed by atoms with van der Waals surface area (Å²) >= 11 is 0. The van der Waals surface area contributed by atoms with Crippen molar-refractivity contribution in [2.24, 2.45) is 12.8 Å². The predicted octanol–water partition coefficient (Wildman–Crippen LogP) is 2.56. The van der Waals surface area contributed by atoms with Gasteiger partial charge in [0.15, 0.2) is 0 Å². The third-order valence-corrected chi connectivity index (χ3v) is 3.96. The maximum absolute atomic E-state index is 5.96. The van der Waals surface area contributed by atoms with Crippen molar-refractivity contribution in [3.8, 4) is 0 Å². The summed E-state index contributed by atoms with van der Waals surface area (Å²) in [5, 5.41) is 0. The van der Waals surface area contributed by atoms with Crippen LogP contribution in [0.2, 0.25) is 0 Å². The minimum atomic E-state index is 0.404. The molecule has 1 aliphatic carbocycles. The quantitative estimate of drug-likeness (QED) is 0.816.